The van der Waals surface area contributed by atoms with E-state index in [1.54, 1.807) is 11.3 Å². The maximum atomic E-state index is 5.18. The highest BCUT2D eigenvalue weighted by Gasteiger charge is 2.18. The fraction of sp³-hybridized carbons (Fsp3) is 0. The molecule has 0 aliphatic rings. The lowest BCUT2D eigenvalue weighted by molar-refractivity contribution is 1.11. The Labute approximate surface area is 248 Å². The zero-order valence-corrected chi connectivity index (χ0v) is 23.6. The average Bonchev–Trinajstić information content (AvgIpc) is 3.67. The molecule has 0 fully saturated rings. The van der Waals surface area contributed by atoms with Crippen LogP contribution in [0.3, 0.4) is 0 Å². The third-order valence-corrected chi connectivity index (χ3v) is 8.90. The highest BCUT2D eigenvalue weighted by Crippen LogP contribution is 2.39. The van der Waals surface area contributed by atoms with Gasteiger partial charge in [0.15, 0.2) is 0 Å². The Hall–Kier alpha value is -5.25. The fourth-order valence-corrected chi connectivity index (χ4v) is 6.69. The summed E-state index contributed by atoms with van der Waals surface area (Å²) in [6.07, 6.45) is 0. The van der Waals surface area contributed by atoms with E-state index in [0.717, 1.165) is 28.1 Å². The Morgan fingerprint density at radius 3 is 1.67 bits per heavy atom. The van der Waals surface area contributed by atoms with E-state index in [1.807, 2.05) is 0 Å². The molecule has 3 heteroatoms. The molecular formula is C39H26N2S. The summed E-state index contributed by atoms with van der Waals surface area (Å²) in [6, 6.07) is 53.9. The standard InChI is InChI=1S/C39H26N2S/c1-3-9-27(10-4-1)29-15-17-31(18-16-29)32-21-24-38-34(25-32)35(26-42-38)39-40-36-13-7-8-14-37(36)41(39)33-22-19-30(20-23-33)28-11-5-2-6-12-28/h1-26H. The molecule has 0 N–H and O–H groups in total. The summed E-state index contributed by atoms with van der Waals surface area (Å²) in [4.78, 5) is 5.18. The first-order valence-electron chi connectivity index (χ1n) is 14.1. The van der Waals surface area contributed by atoms with Crippen molar-refractivity contribution < 1.29 is 0 Å². The van der Waals surface area contributed by atoms with Crippen molar-refractivity contribution in [1.82, 2.24) is 9.55 Å². The Balaban J connectivity index is 1.23. The smallest absolute Gasteiger partial charge is 0.147 e. The van der Waals surface area contributed by atoms with E-state index < -0.39 is 0 Å². The minimum absolute atomic E-state index is 0.964. The molecule has 0 saturated heterocycles. The number of para-hydroxylation sites is 2. The van der Waals surface area contributed by atoms with E-state index >= 15 is 0 Å². The van der Waals surface area contributed by atoms with E-state index in [-0.39, 0.29) is 0 Å². The van der Waals surface area contributed by atoms with Crippen LogP contribution in [0.2, 0.25) is 0 Å². The molecule has 0 amide bonds. The summed E-state index contributed by atoms with van der Waals surface area (Å²) >= 11 is 1.77. The number of thiophene rings is 1. The SMILES string of the molecule is c1ccc(-c2ccc(-c3ccc4scc(-c5nc6ccccc6n5-c5ccc(-c6ccccc6)cc5)c4c3)cc2)cc1. The van der Waals surface area contributed by atoms with Gasteiger partial charge >= 0.3 is 0 Å². The molecule has 0 aliphatic heterocycles. The van der Waals surface area contributed by atoms with E-state index in [0.29, 0.717) is 0 Å². The zero-order chi connectivity index (χ0) is 27.9. The van der Waals surface area contributed by atoms with Crippen LogP contribution in [0.4, 0.5) is 0 Å². The minimum atomic E-state index is 0.964. The quantitative estimate of drug-likeness (QED) is 0.207. The third-order valence-electron chi connectivity index (χ3n) is 7.93. The first-order valence-corrected chi connectivity index (χ1v) is 15.0. The van der Waals surface area contributed by atoms with Crippen LogP contribution in [-0.2, 0) is 0 Å². The van der Waals surface area contributed by atoms with Gasteiger partial charge in [0.1, 0.15) is 5.82 Å². The van der Waals surface area contributed by atoms with Crippen LogP contribution in [-0.4, -0.2) is 9.55 Å². The Morgan fingerprint density at radius 1 is 0.476 bits per heavy atom. The first kappa shape index (κ1) is 24.5. The summed E-state index contributed by atoms with van der Waals surface area (Å²) in [6.45, 7) is 0. The van der Waals surface area contributed by atoms with Crippen LogP contribution in [0.25, 0.3) is 71.6 Å². The minimum Gasteiger partial charge on any atom is -0.292 e. The summed E-state index contributed by atoms with van der Waals surface area (Å²) in [5, 5.41) is 3.48. The highest BCUT2D eigenvalue weighted by molar-refractivity contribution is 7.17. The summed E-state index contributed by atoms with van der Waals surface area (Å²) < 4.78 is 3.56. The van der Waals surface area contributed by atoms with E-state index in [4.69, 9.17) is 4.98 Å². The number of hydrogen-bond acceptors (Lipinski definition) is 2. The van der Waals surface area contributed by atoms with Crippen molar-refractivity contribution in [1.29, 1.82) is 0 Å². The molecule has 8 aromatic rings. The van der Waals surface area contributed by atoms with Gasteiger partial charge in [-0.1, -0.05) is 115 Å². The molecule has 0 unspecified atom stereocenters. The number of aromatic nitrogens is 2. The molecule has 6 aromatic carbocycles. The van der Waals surface area contributed by atoms with Crippen molar-refractivity contribution in [3.05, 3.63) is 157 Å². The van der Waals surface area contributed by atoms with Crippen LogP contribution in [0, 0.1) is 0 Å². The summed E-state index contributed by atoms with van der Waals surface area (Å²) in [5.74, 6) is 0.964. The van der Waals surface area contributed by atoms with Gasteiger partial charge in [-0.15, -0.1) is 11.3 Å². The number of imidazole rings is 1. The molecule has 0 spiro atoms. The number of fused-ring (bicyclic) bond motifs is 2. The van der Waals surface area contributed by atoms with E-state index in [2.05, 4.69) is 162 Å². The van der Waals surface area contributed by atoms with Gasteiger partial charge in [0, 0.05) is 26.7 Å². The van der Waals surface area contributed by atoms with Gasteiger partial charge in [0.2, 0.25) is 0 Å². The largest absolute Gasteiger partial charge is 0.292 e. The number of benzene rings is 6. The fourth-order valence-electron chi connectivity index (χ4n) is 5.77. The zero-order valence-electron chi connectivity index (χ0n) is 22.8. The van der Waals surface area contributed by atoms with Crippen molar-refractivity contribution in [3.8, 4) is 50.5 Å². The number of hydrogen-bond donors (Lipinski definition) is 0. The van der Waals surface area contributed by atoms with Crippen molar-refractivity contribution in [2.24, 2.45) is 0 Å². The monoisotopic (exact) mass is 554 g/mol. The maximum absolute atomic E-state index is 5.18. The van der Waals surface area contributed by atoms with Crippen LogP contribution in [0.1, 0.15) is 0 Å². The van der Waals surface area contributed by atoms with E-state index in [9.17, 15) is 0 Å². The van der Waals surface area contributed by atoms with Gasteiger partial charge in [-0.05, 0) is 69.8 Å². The molecule has 2 heterocycles. The van der Waals surface area contributed by atoms with Crippen molar-refractivity contribution in [2.75, 3.05) is 0 Å². The molecule has 42 heavy (non-hydrogen) atoms. The Kier molecular flexibility index (Phi) is 6.02. The van der Waals surface area contributed by atoms with Crippen LogP contribution < -0.4 is 0 Å². The highest BCUT2D eigenvalue weighted by atomic mass is 32.1. The van der Waals surface area contributed by atoms with Gasteiger partial charge in [-0.25, -0.2) is 4.98 Å². The van der Waals surface area contributed by atoms with Gasteiger partial charge in [-0.2, -0.15) is 0 Å². The third kappa shape index (κ3) is 4.32. The molecule has 0 radical (unpaired) electrons. The van der Waals surface area contributed by atoms with Gasteiger partial charge < -0.3 is 0 Å². The second-order valence-corrected chi connectivity index (χ2v) is 11.4. The molecule has 0 bridgehead atoms. The Morgan fingerprint density at radius 2 is 1.00 bits per heavy atom. The molecule has 2 nitrogen and oxygen atoms in total. The predicted octanol–water partition coefficient (Wildman–Crippen LogP) is 10.9. The summed E-state index contributed by atoms with van der Waals surface area (Å²) in [7, 11) is 0. The second-order valence-electron chi connectivity index (χ2n) is 10.5. The van der Waals surface area contributed by atoms with Gasteiger partial charge in [-0.3, -0.25) is 4.57 Å². The summed E-state index contributed by atoms with van der Waals surface area (Å²) in [5.41, 5.74) is 11.6. The lowest BCUT2D eigenvalue weighted by Crippen LogP contribution is -1.97. The molecule has 0 saturated carbocycles. The van der Waals surface area contributed by atoms with Crippen molar-refractivity contribution in [3.63, 3.8) is 0 Å². The molecule has 198 valence electrons. The molecule has 0 atom stereocenters. The van der Waals surface area contributed by atoms with Crippen LogP contribution >= 0.6 is 11.3 Å². The number of rotatable bonds is 5. The maximum Gasteiger partial charge on any atom is 0.147 e. The lowest BCUT2D eigenvalue weighted by Gasteiger charge is -2.11. The lowest BCUT2D eigenvalue weighted by atomic mass is 9.99. The first-order chi connectivity index (χ1) is 20.8. The van der Waals surface area contributed by atoms with Crippen LogP contribution in [0.5, 0.6) is 0 Å². The van der Waals surface area contributed by atoms with Gasteiger partial charge in [0.05, 0.1) is 11.0 Å². The molecule has 8 rings (SSSR count). The van der Waals surface area contributed by atoms with Crippen molar-refractivity contribution >= 4 is 32.5 Å². The molecule has 2 aromatic heterocycles. The molecule has 0 aliphatic carbocycles. The normalized spacial score (nSPS) is 11.3. The second kappa shape index (κ2) is 10.3. The predicted molar refractivity (Wildman–Crippen MR) is 178 cm³/mol. The van der Waals surface area contributed by atoms with Crippen LogP contribution in [0.15, 0.2) is 157 Å². The topological polar surface area (TPSA) is 17.8 Å². The van der Waals surface area contributed by atoms with E-state index in [1.165, 1.54) is 43.5 Å². The van der Waals surface area contributed by atoms with Crippen molar-refractivity contribution in [2.45, 2.75) is 0 Å². The van der Waals surface area contributed by atoms with Gasteiger partial charge in [0.25, 0.3) is 0 Å². The average molecular weight is 555 g/mol. The molecular weight excluding hydrogens is 529 g/mol. The Bertz CT molecular complexity index is 2160. The number of nitrogens with zero attached hydrogens (tertiary/aromatic N) is 2.